The predicted molar refractivity (Wildman–Crippen MR) is 311 cm³/mol. The Bertz CT molecular complexity index is 3390. The van der Waals surface area contributed by atoms with E-state index in [4.69, 9.17) is 0 Å². The average molecular weight is 905 g/mol. The highest BCUT2D eigenvalue weighted by Gasteiger charge is 2.42. The molecule has 1 aliphatic rings. The first-order valence-corrected chi connectivity index (χ1v) is 25.7. The van der Waals surface area contributed by atoms with E-state index in [0.29, 0.717) is 0 Å². The minimum absolute atomic E-state index is 0.0204. The first kappa shape index (κ1) is 45.8. The van der Waals surface area contributed by atoms with E-state index < -0.39 is 0 Å². The van der Waals surface area contributed by atoms with Crippen molar-refractivity contribution < 1.29 is 0 Å². The number of rotatable bonds is 4. The zero-order valence-corrected chi connectivity index (χ0v) is 43.5. The number of benzene rings is 10. The van der Waals surface area contributed by atoms with Crippen LogP contribution in [-0.4, -0.2) is 13.4 Å². The molecule has 0 spiro atoms. The molecule has 0 aliphatic carbocycles. The van der Waals surface area contributed by atoms with Gasteiger partial charge in [0.15, 0.2) is 0 Å². The van der Waals surface area contributed by atoms with Gasteiger partial charge in [-0.25, -0.2) is 0 Å². The lowest BCUT2D eigenvalue weighted by molar-refractivity contribution is 0.591. The normalized spacial score (nSPS) is 13.4. The molecule has 1 aliphatic heterocycles. The van der Waals surface area contributed by atoms with Crippen LogP contribution in [0.5, 0.6) is 0 Å². The Morgan fingerprint density at radius 2 is 0.500 bits per heavy atom. The Kier molecular flexibility index (Phi) is 10.8. The minimum atomic E-state index is -0.0380. The highest BCUT2D eigenvalue weighted by Crippen LogP contribution is 2.42. The summed E-state index contributed by atoms with van der Waals surface area (Å²) in [7, 11) is 0. The molecule has 2 heteroatoms. The minimum Gasteiger partial charge on any atom is -0.0733 e. The molecule has 1 heterocycles. The predicted octanol–water partition coefficient (Wildman–Crippen LogP) is 14.2. The zero-order valence-electron chi connectivity index (χ0n) is 43.5. The van der Waals surface area contributed by atoms with Crippen LogP contribution in [0.4, 0.5) is 0 Å². The van der Waals surface area contributed by atoms with E-state index in [0.717, 1.165) is 0 Å². The summed E-state index contributed by atoms with van der Waals surface area (Å²) in [5.74, 6) is 0. The summed E-state index contributed by atoms with van der Waals surface area (Å²) in [5.41, 5.74) is 18.7. The maximum atomic E-state index is 2.55. The van der Waals surface area contributed by atoms with Gasteiger partial charge in [0.2, 0.25) is 13.4 Å². The fourth-order valence-electron chi connectivity index (χ4n) is 11.9. The fourth-order valence-corrected chi connectivity index (χ4v) is 11.9. The van der Waals surface area contributed by atoms with Crippen molar-refractivity contribution in [3.63, 3.8) is 0 Å². The molecule has 344 valence electrons. The molecule has 0 unspecified atom stereocenters. The van der Waals surface area contributed by atoms with Gasteiger partial charge in [-0.2, -0.15) is 0 Å². The molecule has 70 heavy (non-hydrogen) atoms. The average Bonchev–Trinajstić information content (AvgIpc) is 3.33. The van der Waals surface area contributed by atoms with Crippen LogP contribution in [0, 0.1) is 0 Å². The van der Waals surface area contributed by atoms with E-state index in [-0.39, 0.29) is 35.1 Å². The lowest BCUT2D eigenvalue weighted by Crippen LogP contribution is -2.75. The highest BCUT2D eigenvalue weighted by molar-refractivity contribution is 7.13. The second-order valence-corrected chi connectivity index (χ2v) is 24.5. The molecular weight excluding hydrogens is 838 g/mol. The highest BCUT2D eigenvalue weighted by atomic mass is 14.3. The summed E-state index contributed by atoms with van der Waals surface area (Å²) in [6.45, 7) is 28.1. The van der Waals surface area contributed by atoms with E-state index in [1.54, 1.807) is 0 Å². The molecule has 0 saturated heterocycles. The zero-order chi connectivity index (χ0) is 49.1. The second-order valence-electron chi connectivity index (χ2n) is 24.5. The van der Waals surface area contributed by atoms with Gasteiger partial charge < -0.3 is 0 Å². The van der Waals surface area contributed by atoms with E-state index in [9.17, 15) is 0 Å². The summed E-state index contributed by atoms with van der Waals surface area (Å²) >= 11 is 0. The topological polar surface area (TPSA) is 0 Å². The summed E-state index contributed by atoms with van der Waals surface area (Å²) in [6.07, 6.45) is 0. The third-order valence-electron chi connectivity index (χ3n) is 15.7. The molecular formula is C68H66B2. The van der Waals surface area contributed by atoms with Gasteiger partial charge in [-0.3, -0.25) is 0 Å². The Morgan fingerprint density at radius 3 is 0.786 bits per heavy atom. The molecule has 0 nitrogen and oxygen atoms in total. The van der Waals surface area contributed by atoms with Crippen LogP contribution in [0.1, 0.15) is 105 Å². The van der Waals surface area contributed by atoms with Gasteiger partial charge in [0, 0.05) is 0 Å². The van der Waals surface area contributed by atoms with Crippen LogP contribution >= 0.6 is 0 Å². The van der Waals surface area contributed by atoms with E-state index in [1.165, 1.54) is 120 Å². The van der Waals surface area contributed by atoms with Crippen LogP contribution in [-0.2, 0) is 21.7 Å². The Morgan fingerprint density at radius 1 is 0.243 bits per heavy atom. The molecule has 0 N–H and O–H groups in total. The second kappa shape index (κ2) is 16.5. The molecule has 0 bridgehead atoms. The van der Waals surface area contributed by atoms with Crippen LogP contribution in [0.25, 0.3) is 65.3 Å². The fraction of sp³-hybridized carbons (Fsp3) is 0.235. The van der Waals surface area contributed by atoms with Gasteiger partial charge in [-0.15, -0.1) is 0 Å². The first-order chi connectivity index (χ1) is 33.3. The third kappa shape index (κ3) is 7.62. The lowest BCUT2D eigenvalue weighted by atomic mass is 9.20. The van der Waals surface area contributed by atoms with Crippen molar-refractivity contribution in [2.45, 2.75) is 105 Å². The van der Waals surface area contributed by atoms with Crippen LogP contribution in [0.2, 0.25) is 0 Å². The van der Waals surface area contributed by atoms with Crippen LogP contribution < -0.4 is 32.8 Å². The first-order valence-electron chi connectivity index (χ1n) is 25.7. The van der Waals surface area contributed by atoms with E-state index in [1.807, 2.05) is 0 Å². The Hall–Kier alpha value is -6.63. The van der Waals surface area contributed by atoms with Crippen molar-refractivity contribution in [1.29, 1.82) is 0 Å². The molecule has 10 aromatic carbocycles. The maximum Gasteiger partial charge on any atom is 0.241 e. The molecule has 0 aromatic heterocycles. The summed E-state index contributed by atoms with van der Waals surface area (Å²) in [5, 5.41) is 10.6. The third-order valence-corrected chi connectivity index (χ3v) is 15.7. The van der Waals surface area contributed by atoms with Crippen molar-refractivity contribution in [2.75, 3.05) is 0 Å². The van der Waals surface area contributed by atoms with Gasteiger partial charge in [0.1, 0.15) is 0 Å². The van der Waals surface area contributed by atoms with Crippen LogP contribution in [0.3, 0.4) is 0 Å². The summed E-state index contributed by atoms with van der Waals surface area (Å²) in [4.78, 5) is 0. The van der Waals surface area contributed by atoms with E-state index >= 15 is 0 Å². The smallest absolute Gasteiger partial charge is 0.0733 e. The van der Waals surface area contributed by atoms with Gasteiger partial charge in [-0.1, -0.05) is 286 Å². The Balaban J connectivity index is 1.29. The van der Waals surface area contributed by atoms with Gasteiger partial charge in [-0.05, 0) is 121 Å². The number of fused-ring (bicyclic) bond motifs is 6. The maximum absolute atomic E-state index is 2.55. The SMILES string of the molecule is CC(C)(C)c1ccc2c(-c3ccccc3)c3cc(C(C)(C)C)ccc3c(B3c4ccccc4B(c4c5cc(C(C)(C)C)ccc5c(-c5ccccc5)c5cc(C(C)(C)C)ccc45)c4ccccc43)c2c1. The summed E-state index contributed by atoms with van der Waals surface area (Å²) in [6, 6.07) is 70.9. The molecule has 10 aromatic rings. The van der Waals surface area contributed by atoms with Crippen molar-refractivity contribution in [2.24, 2.45) is 0 Å². The number of hydrogen-bond acceptors (Lipinski definition) is 0. The monoisotopic (exact) mass is 905 g/mol. The summed E-state index contributed by atoms with van der Waals surface area (Å²) < 4.78 is 0. The molecule has 0 fully saturated rings. The number of hydrogen-bond donors (Lipinski definition) is 0. The van der Waals surface area contributed by atoms with Gasteiger partial charge >= 0.3 is 0 Å². The van der Waals surface area contributed by atoms with Crippen molar-refractivity contribution >= 4 is 89.3 Å². The van der Waals surface area contributed by atoms with Crippen molar-refractivity contribution in [3.8, 4) is 22.3 Å². The van der Waals surface area contributed by atoms with Crippen molar-refractivity contribution in [3.05, 3.63) is 204 Å². The molecule has 11 rings (SSSR count). The van der Waals surface area contributed by atoms with E-state index in [2.05, 4.69) is 265 Å². The molecule has 0 atom stereocenters. The molecule has 0 radical (unpaired) electrons. The standard InChI is InChI=1S/C68H66B2/c1-65(2,3)45-33-37-51-53(39-45)61(43-23-15-13-16-24-43)49-35-31-47(67(7,8)9)41-55(49)63(51)69-57-27-19-21-29-59(57)70(60-30-22-20-28-58(60)69)64-52-38-34-46(66(4,5)6)40-54(52)62(44-25-17-14-18-26-44)50-36-32-48(42-56(50)64)68(10,11)12/h13-42H,1-12H3. The Labute approximate surface area is 418 Å². The lowest BCUT2D eigenvalue weighted by Gasteiger charge is -2.35. The van der Waals surface area contributed by atoms with Crippen LogP contribution in [0.15, 0.2) is 182 Å². The molecule has 0 saturated carbocycles. The molecule has 0 amide bonds. The largest absolute Gasteiger partial charge is 0.241 e. The van der Waals surface area contributed by atoms with Gasteiger partial charge in [0.25, 0.3) is 0 Å². The quantitative estimate of drug-likeness (QED) is 0.122. The van der Waals surface area contributed by atoms with Crippen molar-refractivity contribution in [1.82, 2.24) is 0 Å². The van der Waals surface area contributed by atoms with Gasteiger partial charge in [0.05, 0.1) is 0 Å².